The minimum atomic E-state index is 0. The molecule has 7 rings (SSSR count). The number of allylic oxidation sites excluding steroid dienone is 6. The second-order valence-corrected chi connectivity index (χ2v) is 12.1. The van der Waals surface area contributed by atoms with Crippen LogP contribution in [-0.2, 0) is 0 Å². The summed E-state index contributed by atoms with van der Waals surface area (Å²) in [4.78, 5) is 5.59. The van der Waals surface area contributed by atoms with Crippen molar-refractivity contribution >= 4 is 0 Å². The van der Waals surface area contributed by atoms with Crippen LogP contribution in [0, 0.1) is 34.5 Å². The fourth-order valence-electron chi connectivity index (χ4n) is 9.03. The van der Waals surface area contributed by atoms with Crippen LogP contribution in [0.25, 0.3) is 0 Å². The van der Waals surface area contributed by atoms with Gasteiger partial charge in [0.25, 0.3) is 0 Å². The highest BCUT2D eigenvalue weighted by Gasteiger charge is 2.95. The fraction of sp³-hybridized carbons (Fsp3) is 0.548. The molecule has 6 aliphatic rings. The van der Waals surface area contributed by atoms with Gasteiger partial charge >= 0.3 is 0 Å². The molecule has 2 nitrogen and oxygen atoms in total. The summed E-state index contributed by atoms with van der Waals surface area (Å²) >= 11 is 0. The Morgan fingerprint density at radius 1 is 1.09 bits per heavy atom. The van der Waals surface area contributed by atoms with E-state index in [1.165, 1.54) is 43.7 Å². The second kappa shape index (κ2) is 7.06. The third kappa shape index (κ3) is 2.74. The molecular weight excluding hydrogens is 400 g/mol. The van der Waals surface area contributed by atoms with E-state index in [1.54, 1.807) is 5.57 Å². The van der Waals surface area contributed by atoms with Gasteiger partial charge in [-0.2, -0.15) is 0 Å². The summed E-state index contributed by atoms with van der Waals surface area (Å²) in [6.07, 6.45) is 16.2. The van der Waals surface area contributed by atoms with Crippen molar-refractivity contribution in [3.8, 4) is 0 Å². The first-order valence-electron chi connectivity index (χ1n) is 13.3. The molecule has 1 aromatic carbocycles. The normalized spacial score (nSPS) is 45.7. The predicted molar refractivity (Wildman–Crippen MR) is 138 cm³/mol. The van der Waals surface area contributed by atoms with E-state index in [1.807, 2.05) is 0 Å². The maximum absolute atomic E-state index is 2.84. The summed E-state index contributed by atoms with van der Waals surface area (Å²) in [6, 6.07) is 11.7. The first-order valence-corrected chi connectivity index (χ1v) is 13.3. The van der Waals surface area contributed by atoms with Crippen molar-refractivity contribution in [3.63, 3.8) is 0 Å². The number of piperazine rings is 1. The van der Waals surface area contributed by atoms with Crippen molar-refractivity contribution in [2.45, 2.75) is 39.2 Å². The third-order valence-corrected chi connectivity index (χ3v) is 10.6. The molecule has 0 N–H and O–H groups in total. The Bertz CT molecular complexity index is 1090. The van der Waals surface area contributed by atoms with E-state index in [-0.39, 0.29) is 1.43 Å². The first kappa shape index (κ1) is 20.5. The van der Waals surface area contributed by atoms with E-state index >= 15 is 0 Å². The molecule has 2 heterocycles. The SMILES string of the molecule is CC1=CC=C[C@@]23C1C2[C@]31C[C@@H]2CN(CC3=CC(C)C(c4ccccc4)C=C3)CCN2CC1C.[HH]. The lowest BCUT2D eigenvalue weighted by atomic mass is 9.64. The number of hydrogen-bond acceptors (Lipinski definition) is 2. The van der Waals surface area contributed by atoms with Gasteiger partial charge in [0.2, 0.25) is 0 Å². The number of benzene rings is 1. The Kier molecular flexibility index (Phi) is 4.38. The van der Waals surface area contributed by atoms with Crippen LogP contribution in [0.3, 0.4) is 0 Å². The zero-order valence-electron chi connectivity index (χ0n) is 20.5. The molecule has 0 aromatic heterocycles. The summed E-state index contributed by atoms with van der Waals surface area (Å²) in [5, 5.41) is 0. The molecule has 5 unspecified atom stereocenters. The summed E-state index contributed by atoms with van der Waals surface area (Å²) in [5.41, 5.74) is 5.76. The summed E-state index contributed by atoms with van der Waals surface area (Å²) in [7, 11) is 0. The molecule has 2 saturated heterocycles. The van der Waals surface area contributed by atoms with Crippen LogP contribution >= 0.6 is 0 Å². The largest absolute Gasteiger partial charge is 0.298 e. The molecule has 174 valence electrons. The molecule has 8 atom stereocenters. The molecule has 2 aliphatic heterocycles. The molecule has 0 amide bonds. The number of nitrogens with zero attached hydrogens (tertiary/aromatic N) is 2. The van der Waals surface area contributed by atoms with E-state index in [4.69, 9.17) is 0 Å². The van der Waals surface area contributed by atoms with Crippen molar-refractivity contribution in [1.82, 2.24) is 9.80 Å². The molecule has 2 heteroatoms. The Balaban J connectivity index is 0.00000217. The van der Waals surface area contributed by atoms with Gasteiger partial charge < -0.3 is 0 Å². The number of fused-ring (bicyclic) bond motifs is 3. The Hall–Kier alpha value is -1.90. The Labute approximate surface area is 201 Å². The predicted octanol–water partition coefficient (Wildman–Crippen LogP) is 5.92. The van der Waals surface area contributed by atoms with Crippen molar-refractivity contribution in [2.75, 3.05) is 32.7 Å². The van der Waals surface area contributed by atoms with Gasteiger partial charge in [0.15, 0.2) is 0 Å². The highest BCUT2D eigenvalue weighted by atomic mass is 15.3. The van der Waals surface area contributed by atoms with Gasteiger partial charge in [-0.05, 0) is 53.6 Å². The molecule has 0 bridgehead atoms. The van der Waals surface area contributed by atoms with Crippen LogP contribution in [-0.4, -0.2) is 48.6 Å². The van der Waals surface area contributed by atoms with Crippen molar-refractivity contribution in [2.24, 2.45) is 34.5 Å². The van der Waals surface area contributed by atoms with Crippen LogP contribution in [0.2, 0.25) is 0 Å². The standard InChI is InChI=1S/C31H38N2.H2/c1-21-8-7-13-30-28(21)29(30)31(30)17-26-20-32(14-15-33(26)18-23(31)3)19-24-11-12-27(22(2)16-24)25-9-5-4-6-10-25;/h4-13,16,22-23,26-29H,14-15,17-20H2,1-3H3;1H/t22?,23?,26-,27?,28?,29?,30-,31-;/m1./s1. The molecule has 4 aliphatic carbocycles. The maximum atomic E-state index is 2.84. The van der Waals surface area contributed by atoms with E-state index in [2.05, 4.69) is 97.4 Å². The molecular formula is C31H40N2. The van der Waals surface area contributed by atoms with Gasteiger partial charge in [-0.1, -0.05) is 86.2 Å². The van der Waals surface area contributed by atoms with Crippen LogP contribution < -0.4 is 0 Å². The smallest absolute Gasteiger partial charge is 0.0231 e. The zero-order chi connectivity index (χ0) is 22.4. The van der Waals surface area contributed by atoms with Crippen molar-refractivity contribution in [1.29, 1.82) is 0 Å². The second-order valence-electron chi connectivity index (χ2n) is 12.1. The highest BCUT2D eigenvalue weighted by Crippen LogP contribution is 2.97. The maximum Gasteiger partial charge on any atom is 0.0231 e. The van der Waals surface area contributed by atoms with E-state index in [0.29, 0.717) is 22.7 Å². The van der Waals surface area contributed by atoms with Gasteiger partial charge in [-0.25, -0.2) is 0 Å². The van der Waals surface area contributed by atoms with Crippen LogP contribution in [0.15, 0.2) is 77.9 Å². The Morgan fingerprint density at radius 3 is 2.76 bits per heavy atom. The van der Waals surface area contributed by atoms with Crippen LogP contribution in [0.1, 0.15) is 40.1 Å². The molecule has 2 spiro atoms. The van der Waals surface area contributed by atoms with E-state index in [9.17, 15) is 0 Å². The average Bonchev–Trinajstić information content (AvgIpc) is 3.67. The summed E-state index contributed by atoms with van der Waals surface area (Å²) < 4.78 is 0. The highest BCUT2D eigenvalue weighted by molar-refractivity contribution is 5.55. The lowest BCUT2D eigenvalue weighted by Crippen LogP contribution is -2.60. The number of piperidine rings is 1. The van der Waals surface area contributed by atoms with Gasteiger partial charge in [0.1, 0.15) is 0 Å². The van der Waals surface area contributed by atoms with Gasteiger partial charge in [0, 0.05) is 51.5 Å². The molecule has 33 heavy (non-hydrogen) atoms. The van der Waals surface area contributed by atoms with Crippen LogP contribution in [0.5, 0.6) is 0 Å². The zero-order valence-corrected chi connectivity index (χ0v) is 20.5. The van der Waals surface area contributed by atoms with Gasteiger partial charge in [0.05, 0.1) is 0 Å². The van der Waals surface area contributed by atoms with Crippen molar-refractivity contribution in [3.05, 3.63) is 83.5 Å². The molecule has 0 radical (unpaired) electrons. The van der Waals surface area contributed by atoms with E-state index < -0.39 is 0 Å². The fourth-order valence-corrected chi connectivity index (χ4v) is 9.03. The average molecular weight is 441 g/mol. The summed E-state index contributed by atoms with van der Waals surface area (Å²) in [5.74, 6) is 3.76. The minimum absolute atomic E-state index is 0. The molecule has 2 saturated carbocycles. The van der Waals surface area contributed by atoms with Crippen LogP contribution in [0.4, 0.5) is 0 Å². The number of hydrogen-bond donors (Lipinski definition) is 0. The molecule has 1 aromatic rings. The third-order valence-electron chi connectivity index (χ3n) is 10.6. The topological polar surface area (TPSA) is 6.48 Å². The summed E-state index contributed by atoms with van der Waals surface area (Å²) in [6.45, 7) is 13.5. The lowest BCUT2D eigenvalue weighted by Gasteiger charge is -2.53. The Morgan fingerprint density at radius 2 is 1.94 bits per heavy atom. The van der Waals surface area contributed by atoms with Gasteiger partial charge in [-0.15, -0.1) is 0 Å². The molecule has 4 fully saturated rings. The lowest BCUT2D eigenvalue weighted by molar-refractivity contribution is -0.0301. The first-order chi connectivity index (χ1) is 16.0. The monoisotopic (exact) mass is 440 g/mol. The number of rotatable bonds is 3. The minimum Gasteiger partial charge on any atom is -0.298 e. The van der Waals surface area contributed by atoms with E-state index in [0.717, 1.165) is 30.3 Å². The van der Waals surface area contributed by atoms with Gasteiger partial charge in [-0.3, -0.25) is 9.80 Å². The quantitative estimate of drug-likeness (QED) is 0.575. The van der Waals surface area contributed by atoms with Crippen molar-refractivity contribution < 1.29 is 1.43 Å².